The lowest BCUT2D eigenvalue weighted by Gasteiger charge is -2.29. The summed E-state index contributed by atoms with van der Waals surface area (Å²) < 4.78 is 25.6. The van der Waals surface area contributed by atoms with Crippen molar-refractivity contribution in [2.24, 2.45) is 11.1 Å². The second-order valence-electron chi connectivity index (χ2n) is 5.42. The first kappa shape index (κ1) is 15.8. The second-order valence-corrected chi connectivity index (χ2v) is 7.87. The van der Waals surface area contributed by atoms with Gasteiger partial charge in [0.15, 0.2) is 0 Å². The largest absolute Gasteiger partial charge is 0.392 e. The molecule has 16 heavy (non-hydrogen) atoms. The predicted molar refractivity (Wildman–Crippen MR) is 71.9 cm³/mol. The van der Waals surface area contributed by atoms with E-state index in [2.05, 4.69) is 0 Å². The maximum Gasteiger partial charge on any atom is 0.215 e. The molecule has 2 N–H and O–H groups in total. The summed E-state index contributed by atoms with van der Waals surface area (Å²) in [6.45, 7) is 9.43. The molecule has 0 spiro atoms. The summed E-state index contributed by atoms with van der Waals surface area (Å²) in [5, 5.41) is 0. The van der Waals surface area contributed by atoms with Gasteiger partial charge in [-0.3, -0.25) is 0 Å². The molecule has 0 aliphatic heterocycles. The molecule has 0 unspecified atom stereocenters. The number of hydrogen-bond donors (Lipinski definition) is 1. The standard InChI is InChI=1S/C10H22N2O2S2/c1-8(2)12(6-9(11)15)16(13,14)7-10(3,4)5/h8H,6-7H2,1-5H3,(H2,11,15). The first-order valence-corrected chi connectivity index (χ1v) is 7.25. The Morgan fingerprint density at radius 1 is 1.38 bits per heavy atom. The Morgan fingerprint density at radius 3 is 2.06 bits per heavy atom. The third-order valence-electron chi connectivity index (χ3n) is 1.86. The number of nitrogens with two attached hydrogens (primary N) is 1. The Hall–Kier alpha value is -0.200. The Morgan fingerprint density at radius 2 is 1.81 bits per heavy atom. The zero-order valence-corrected chi connectivity index (χ0v) is 12.3. The van der Waals surface area contributed by atoms with E-state index in [0.29, 0.717) is 0 Å². The SMILES string of the molecule is CC(C)N(CC(N)=S)S(=O)(=O)CC(C)(C)C. The van der Waals surface area contributed by atoms with Crippen LogP contribution in [0.25, 0.3) is 0 Å². The highest BCUT2D eigenvalue weighted by atomic mass is 32.2. The van der Waals surface area contributed by atoms with E-state index in [0.717, 1.165) is 0 Å². The molecular formula is C10H22N2O2S2. The minimum atomic E-state index is -3.31. The molecule has 0 aromatic heterocycles. The molecule has 0 heterocycles. The van der Waals surface area contributed by atoms with Crippen molar-refractivity contribution in [3.63, 3.8) is 0 Å². The van der Waals surface area contributed by atoms with Gasteiger partial charge in [-0.1, -0.05) is 33.0 Å². The van der Waals surface area contributed by atoms with Crippen LogP contribution in [0.1, 0.15) is 34.6 Å². The van der Waals surface area contributed by atoms with Crippen LogP contribution in [0.3, 0.4) is 0 Å². The molecule has 0 fully saturated rings. The summed E-state index contributed by atoms with van der Waals surface area (Å²) in [6, 6.07) is -0.131. The lowest BCUT2D eigenvalue weighted by molar-refractivity contribution is 0.373. The Labute approximate surface area is 104 Å². The van der Waals surface area contributed by atoms with Crippen LogP contribution in [0.5, 0.6) is 0 Å². The highest BCUT2D eigenvalue weighted by Crippen LogP contribution is 2.20. The van der Waals surface area contributed by atoms with Gasteiger partial charge in [-0.05, 0) is 19.3 Å². The van der Waals surface area contributed by atoms with E-state index in [4.69, 9.17) is 18.0 Å². The van der Waals surface area contributed by atoms with Crippen LogP contribution in [0.15, 0.2) is 0 Å². The monoisotopic (exact) mass is 266 g/mol. The molecule has 0 bridgehead atoms. The van der Waals surface area contributed by atoms with Crippen molar-refractivity contribution in [1.29, 1.82) is 0 Å². The maximum atomic E-state index is 12.1. The van der Waals surface area contributed by atoms with Crippen molar-refractivity contribution >= 4 is 27.2 Å². The van der Waals surface area contributed by atoms with Crippen molar-refractivity contribution in [2.45, 2.75) is 40.7 Å². The topological polar surface area (TPSA) is 63.4 Å². The Bertz CT molecular complexity index is 342. The molecule has 0 amide bonds. The van der Waals surface area contributed by atoms with Gasteiger partial charge in [0.1, 0.15) is 0 Å². The molecule has 0 aromatic rings. The lowest BCUT2D eigenvalue weighted by Crippen LogP contribution is -2.45. The lowest BCUT2D eigenvalue weighted by atomic mass is 10.0. The van der Waals surface area contributed by atoms with Gasteiger partial charge in [0, 0.05) is 6.04 Å². The molecule has 0 aromatic carbocycles. The van der Waals surface area contributed by atoms with Crippen LogP contribution >= 0.6 is 12.2 Å². The molecular weight excluding hydrogens is 244 g/mol. The van der Waals surface area contributed by atoms with Crippen LogP contribution < -0.4 is 5.73 Å². The Balaban J connectivity index is 4.99. The normalized spacial score (nSPS) is 13.4. The van der Waals surface area contributed by atoms with Gasteiger partial charge >= 0.3 is 0 Å². The number of sulfonamides is 1. The highest BCUT2D eigenvalue weighted by Gasteiger charge is 2.30. The van der Waals surface area contributed by atoms with Gasteiger partial charge in [0.2, 0.25) is 10.0 Å². The van der Waals surface area contributed by atoms with Gasteiger partial charge < -0.3 is 5.73 Å². The summed E-state index contributed by atoms with van der Waals surface area (Å²) >= 11 is 4.77. The predicted octanol–water partition coefficient (Wildman–Crippen LogP) is 1.36. The summed E-state index contributed by atoms with van der Waals surface area (Å²) in [6.07, 6.45) is 0. The van der Waals surface area contributed by atoms with E-state index >= 15 is 0 Å². The van der Waals surface area contributed by atoms with Crippen LogP contribution in [0, 0.1) is 5.41 Å². The minimum absolute atomic E-state index is 0.0980. The fraction of sp³-hybridized carbons (Fsp3) is 0.900. The summed E-state index contributed by atoms with van der Waals surface area (Å²) in [7, 11) is -3.31. The zero-order chi connectivity index (χ0) is 13.1. The van der Waals surface area contributed by atoms with Crippen molar-refractivity contribution in [1.82, 2.24) is 4.31 Å². The highest BCUT2D eigenvalue weighted by molar-refractivity contribution is 7.89. The third kappa shape index (κ3) is 5.77. The molecule has 0 saturated heterocycles. The average molecular weight is 266 g/mol. The second kappa shape index (κ2) is 5.42. The molecule has 0 radical (unpaired) electrons. The molecule has 0 aliphatic rings. The van der Waals surface area contributed by atoms with E-state index in [9.17, 15) is 8.42 Å². The van der Waals surface area contributed by atoms with Crippen LogP contribution in [0.2, 0.25) is 0 Å². The summed E-state index contributed by atoms with van der Waals surface area (Å²) in [5.74, 6) is 0.0980. The number of nitrogens with zero attached hydrogens (tertiary/aromatic N) is 1. The molecule has 96 valence electrons. The van der Waals surface area contributed by atoms with E-state index in [1.165, 1.54) is 4.31 Å². The van der Waals surface area contributed by atoms with E-state index in [1.54, 1.807) is 0 Å². The first-order chi connectivity index (χ1) is 6.96. The van der Waals surface area contributed by atoms with E-state index < -0.39 is 10.0 Å². The zero-order valence-electron chi connectivity index (χ0n) is 10.6. The number of thiocarbonyl (C=S) groups is 1. The van der Waals surface area contributed by atoms with Crippen molar-refractivity contribution < 1.29 is 8.42 Å². The van der Waals surface area contributed by atoms with Crippen molar-refractivity contribution in [2.75, 3.05) is 12.3 Å². The summed E-state index contributed by atoms with van der Waals surface area (Å²) in [5.41, 5.74) is 5.14. The maximum absolute atomic E-state index is 12.1. The minimum Gasteiger partial charge on any atom is -0.392 e. The van der Waals surface area contributed by atoms with Gasteiger partial charge in [-0.2, -0.15) is 4.31 Å². The number of rotatable bonds is 5. The van der Waals surface area contributed by atoms with Crippen LogP contribution in [-0.2, 0) is 10.0 Å². The Kier molecular flexibility index (Phi) is 5.35. The first-order valence-electron chi connectivity index (χ1n) is 5.23. The van der Waals surface area contributed by atoms with Crippen molar-refractivity contribution in [3.05, 3.63) is 0 Å². The van der Waals surface area contributed by atoms with Crippen LogP contribution in [-0.4, -0.2) is 36.1 Å². The van der Waals surface area contributed by atoms with Gasteiger partial charge in [-0.15, -0.1) is 0 Å². The van der Waals surface area contributed by atoms with E-state index in [-0.39, 0.29) is 28.7 Å². The number of hydrogen-bond acceptors (Lipinski definition) is 3. The van der Waals surface area contributed by atoms with Gasteiger partial charge in [-0.25, -0.2) is 8.42 Å². The molecule has 4 nitrogen and oxygen atoms in total. The molecule has 0 atom stereocenters. The van der Waals surface area contributed by atoms with Crippen molar-refractivity contribution in [3.8, 4) is 0 Å². The fourth-order valence-corrected chi connectivity index (χ4v) is 3.85. The summed E-state index contributed by atoms with van der Waals surface area (Å²) in [4.78, 5) is 0.200. The molecule has 6 heteroatoms. The average Bonchev–Trinajstić information content (AvgIpc) is 1.93. The smallest absolute Gasteiger partial charge is 0.215 e. The molecule has 0 saturated carbocycles. The van der Waals surface area contributed by atoms with Gasteiger partial charge in [0.25, 0.3) is 0 Å². The molecule has 0 aliphatic carbocycles. The van der Waals surface area contributed by atoms with Gasteiger partial charge in [0.05, 0.1) is 17.3 Å². The van der Waals surface area contributed by atoms with Crippen LogP contribution in [0.4, 0.5) is 0 Å². The van der Waals surface area contributed by atoms with E-state index in [1.807, 2.05) is 34.6 Å². The fourth-order valence-electron chi connectivity index (χ4n) is 1.39. The third-order valence-corrected chi connectivity index (χ3v) is 4.49. The quantitative estimate of drug-likeness (QED) is 0.763. The molecule has 0 rings (SSSR count).